The van der Waals surface area contributed by atoms with Crippen LogP contribution in [0.1, 0.15) is 40.9 Å². The predicted molar refractivity (Wildman–Crippen MR) is 105 cm³/mol. The molecule has 0 unspecified atom stereocenters. The molecule has 0 atom stereocenters. The zero-order chi connectivity index (χ0) is 18.7. The molecular formula is C22H21ClN2O2. The maximum Gasteiger partial charge on any atom is 0.255 e. The third kappa shape index (κ3) is 4.00. The Hall–Kier alpha value is -2.35. The molecule has 2 fully saturated rings. The summed E-state index contributed by atoms with van der Waals surface area (Å²) >= 11 is 6.34. The zero-order valence-electron chi connectivity index (χ0n) is 15.1. The monoisotopic (exact) mass is 380 g/mol. The van der Waals surface area contributed by atoms with E-state index >= 15 is 0 Å². The van der Waals surface area contributed by atoms with E-state index < -0.39 is 0 Å². The van der Waals surface area contributed by atoms with Gasteiger partial charge in [0.2, 0.25) is 0 Å². The Morgan fingerprint density at radius 2 is 2.00 bits per heavy atom. The van der Waals surface area contributed by atoms with Crippen molar-refractivity contribution < 1.29 is 9.53 Å². The van der Waals surface area contributed by atoms with Gasteiger partial charge in [0.15, 0.2) is 0 Å². The van der Waals surface area contributed by atoms with Crippen molar-refractivity contribution in [3.63, 3.8) is 0 Å². The number of aromatic nitrogens is 1. The van der Waals surface area contributed by atoms with Crippen molar-refractivity contribution in [1.82, 2.24) is 9.88 Å². The average molecular weight is 381 g/mol. The lowest BCUT2D eigenvalue weighted by molar-refractivity contribution is 0.0191. The van der Waals surface area contributed by atoms with Crippen molar-refractivity contribution >= 4 is 17.5 Å². The Balaban J connectivity index is 1.53. The number of halogens is 1. The number of benzene rings is 1. The normalized spacial score (nSPS) is 18.2. The molecule has 27 heavy (non-hydrogen) atoms. The molecule has 0 radical (unpaired) electrons. The topological polar surface area (TPSA) is 42.4 Å². The van der Waals surface area contributed by atoms with Crippen LogP contribution in [0.2, 0.25) is 5.02 Å². The number of hydrogen-bond donors (Lipinski definition) is 0. The summed E-state index contributed by atoms with van der Waals surface area (Å²) in [6.45, 7) is 3.15. The second kappa shape index (κ2) is 7.72. The van der Waals surface area contributed by atoms with Gasteiger partial charge >= 0.3 is 0 Å². The van der Waals surface area contributed by atoms with Gasteiger partial charge in [-0.05, 0) is 60.9 Å². The molecule has 0 N–H and O–H groups in total. The molecule has 1 aromatic carbocycles. The summed E-state index contributed by atoms with van der Waals surface area (Å²) < 4.78 is 5.49. The van der Waals surface area contributed by atoms with Crippen molar-refractivity contribution in [2.45, 2.75) is 19.3 Å². The highest BCUT2D eigenvalue weighted by Gasteiger charge is 2.41. The number of likely N-dealkylation sites (tertiary alicyclic amines) is 1. The van der Waals surface area contributed by atoms with Gasteiger partial charge < -0.3 is 9.64 Å². The molecule has 138 valence electrons. The summed E-state index contributed by atoms with van der Waals surface area (Å²) in [6.07, 6.45) is 4.80. The van der Waals surface area contributed by atoms with E-state index in [1.165, 1.54) is 0 Å². The van der Waals surface area contributed by atoms with Crippen molar-refractivity contribution in [1.29, 1.82) is 0 Å². The smallest absolute Gasteiger partial charge is 0.255 e. The van der Waals surface area contributed by atoms with E-state index in [2.05, 4.69) is 16.8 Å². The number of nitrogens with zero attached hydrogens (tertiary/aromatic N) is 2. The first kappa shape index (κ1) is 18.0. The average Bonchev–Trinajstić information content (AvgIpc) is 3.11. The molecule has 1 spiro atoms. The van der Waals surface area contributed by atoms with Gasteiger partial charge in [-0.15, -0.1) is 0 Å². The Kier molecular flexibility index (Phi) is 5.15. The van der Waals surface area contributed by atoms with E-state index in [1.54, 1.807) is 18.3 Å². The van der Waals surface area contributed by atoms with Crippen LogP contribution in [0.5, 0.6) is 0 Å². The summed E-state index contributed by atoms with van der Waals surface area (Å²) in [4.78, 5) is 19.2. The van der Waals surface area contributed by atoms with Gasteiger partial charge in [-0.25, -0.2) is 4.98 Å². The van der Waals surface area contributed by atoms with Crippen LogP contribution in [-0.4, -0.2) is 42.1 Å². The first-order chi connectivity index (χ1) is 13.2. The number of ether oxygens (including phenoxy) is 1. The standard InChI is InChI=1S/C22H21ClN2O2/c23-20-7-5-17(4-6-18-3-1-2-11-24-18)15-19(20)21(26)25-12-8-22(16-25)9-13-27-14-10-22/h1-3,5,7,11,15H,8-10,12-14,16H2. The first-order valence-electron chi connectivity index (χ1n) is 9.25. The summed E-state index contributed by atoms with van der Waals surface area (Å²) in [5.41, 5.74) is 2.19. The minimum atomic E-state index is -0.00940. The maximum absolute atomic E-state index is 13.1. The summed E-state index contributed by atoms with van der Waals surface area (Å²) in [5.74, 6) is 6.08. The molecular weight excluding hydrogens is 360 g/mol. The molecule has 5 heteroatoms. The van der Waals surface area contributed by atoms with Crippen LogP contribution in [0.25, 0.3) is 0 Å². The number of amides is 1. The number of hydrogen-bond acceptors (Lipinski definition) is 3. The minimum Gasteiger partial charge on any atom is -0.381 e. The van der Waals surface area contributed by atoms with Gasteiger partial charge in [0.05, 0.1) is 10.6 Å². The molecule has 4 nitrogen and oxygen atoms in total. The second-order valence-corrected chi connectivity index (χ2v) is 7.66. The fourth-order valence-corrected chi connectivity index (χ4v) is 4.03. The largest absolute Gasteiger partial charge is 0.381 e. The lowest BCUT2D eigenvalue weighted by Crippen LogP contribution is -2.35. The predicted octanol–water partition coefficient (Wildman–Crippen LogP) is 3.78. The van der Waals surface area contributed by atoms with Crippen LogP contribution in [0.4, 0.5) is 0 Å². The van der Waals surface area contributed by atoms with Crippen molar-refractivity contribution in [3.05, 3.63) is 64.4 Å². The van der Waals surface area contributed by atoms with Crippen LogP contribution in [-0.2, 0) is 4.74 Å². The van der Waals surface area contributed by atoms with Gasteiger partial charge in [0.1, 0.15) is 5.69 Å². The molecule has 0 bridgehead atoms. The molecule has 3 heterocycles. The summed E-state index contributed by atoms with van der Waals surface area (Å²) in [7, 11) is 0. The van der Waals surface area contributed by atoms with E-state index in [4.69, 9.17) is 16.3 Å². The third-order valence-electron chi connectivity index (χ3n) is 5.48. The molecule has 0 aliphatic carbocycles. The lowest BCUT2D eigenvalue weighted by atomic mass is 9.80. The molecule has 2 aromatic rings. The molecule has 1 amide bonds. The Bertz CT molecular complexity index is 896. The van der Waals surface area contributed by atoms with E-state index in [9.17, 15) is 4.79 Å². The third-order valence-corrected chi connectivity index (χ3v) is 5.81. The number of rotatable bonds is 1. The highest BCUT2D eigenvalue weighted by molar-refractivity contribution is 6.33. The number of carbonyl (C=O) groups excluding carboxylic acids is 1. The Morgan fingerprint density at radius 3 is 2.78 bits per heavy atom. The van der Waals surface area contributed by atoms with E-state index in [0.29, 0.717) is 16.3 Å². The first-order valence-corrected chi connectivity index (χ1v) is 9.63. The molecule has 4 rings (SSSR count). The van der Waals surface area contributed by atoms with Gasteiger partial charge in [-0.1, -0.05) is 23.6 Å². The van der Waals surface area contributed by atoms with Gasteiger partial charge in [0.25, 0.3) is 5.91 Å². The van der Waals surface area contributed by atoms with Crippen LogP contribution < -0.4 is 0 Å². The van der Waals surface area contributed by atoms with Crippen LogP contribution >= 0.6 is 11.6 Å². The van der Waals surface area contributed by atoms with Crippen molar-refractivity contribution in [2.24, 2.45) is 5.41 Å². The Morgan fingerprint density at radius 1 is 1.15 bits per heavy atom. The van der Waals surface area contributed by atoms with Crippen molar-refractivity contribution in [2.75, 3.05) is 26.3 Å². The minimum absolute atomic E-state index is 0.00940. The lowest BCUT2D eigenvalue weighted by Gasteiger charge is -2.33. The van der Waals surface area contributed by atoms with E-state index in [0.717, 1.165) is 51.1 Å². The SMILES string of the molecule is O=C(c1cc(C#Cc2ccccn2)ccc1Cl)N1CCC2(CCOCC2)C1. The van der Waals surface area contributed by atoms with Crippen molar-refractivity contribution in [3.8, 4) is 11.8 Å². The number of carbonyl (C=O) groups is 1. The fraction of sp³-hybridized carbons (Fsp3) is 0.364. The molecule has 2 saturated heterocycles. The summed E-state index contributed by atoms with van der Waals surface area (Å²) in [6, 6.07) is 11.0. The van der Waals surface area contributed by atoms with Gasteiger partial charge in [-0.3, -0.25) is 4.79 Å². The zero-order valence-corrected chi connectivity index (χ0v) is 15.8. The van der Waals surface area contributed by atoms with Gasteiger partial charge in [0, 0.05) is 38.1 Å². The number of pyridine rings is 1. The van der Waals surface area contributed by atoms with Crippen LogP contribution in [0.3, 0.4) is 0 Å². The maximum atomic E-state index is 13.1. The Labute approximate surface area is 164 Å². The molecule has 2 aliphatic heterocycles. The highest BCUT2D eigenvalue weighted by atomic mass is 35.5. The molecule has 0 saturated carbocycles. The molecule has 1 aromatic heterocycles. The second-order valence-electron chi connectivity index (χ2n) is 7.25. The van der Waals surface area contributed by atoms with E-state index in [1.807, 2.05) is 29.2 Å². The van der Waals surface area contributed by atoms with E-state index in [-0.39, 0.29) is 11.3 Å². The summed E-state index contributed by atoms with van der Waals surface area (Å²) in [5, 5.41) is 0.469. The quantitative estimate of drug-likeness (QED) is 0.707. The highest BCUT2D eigenvalue weighted by Crippen LogP contribution is 2.40. The fourth-order valence-electron chi connectivity index (χ4n) is 3.83. The van der Waals surface area contributed by atoms with Crippen LogP contribution in [0, 0.1) is 17.3 Å². The van der Waals surface area contributed by atoms with Gasteiger partial charge in [-0.2, -0.15) is 0 Å². The van der Waals surface area contributed by atoms with Crippen LogP contribution in [0.15, 0.2) is 42.6 Å². The molecule has 2 aliphatic rings.